The maximum atomic E-state index is 10.9. The third-order valence-electron chi connectivity index (χ3n) is 3.12. The van der Waals surface area contributed by atoms with E-state index in [0.29, 0.717) is 29.9 Å². The van der Waals surface area contributed by atoms with Crippen LogP contribution in [0.5, 0.6) is 0 Å². The van der Waals surface area contributed by atoms with Gasteiger partial charge in [0, 0.05) is 12.2 Å². The second-order valence-corrected chi connectivity index (χ2v) is 4.77. The quantitative estimate of drug-likeness (QED) is 0.458. The fraction of sp³-hybridized carbons (Fsp3) is 0.545. The van der Waals surface area contributed by atoms with E-state index in [0.717, 1.165) is 37.8 Å². The first-order valence-corrected chi connectivity index (χ1v) is 6.64. The predicted octanol–water partition coefficient (Wildman–Crippen LogP) is 1.41. The van der Waals surface area contributed by atoms with Crippen molar-refractivity contribution in [1.82, 2.24) is 9.97 Å². The van der Waals surface area contributed by atoms with Gasteiger partial charge in [0.2, 0.25) is 0 Å². The van der Waals surface area contributed by atoms with E-state index in [2.05, 4.69) is 15.3 Å². The first-order valence-electron chi connectivity index (χ1n) is 5.83. The van der Waals surface area contributed by atoms with Gasteiger partial charge in [-0.05, 0) is 25.2 Å². The highest BCUT2D eigenvalue weighted by atomic mass is 32.2. The van der Waals surface area contributed by atoms with Crippen molar-refractivity contribution in [3.05, 3.63) is 18.1 Å². The highest BCUT2D eigenvalue weighted by Gasteiger charge is 2.25. The molecule has 1 saturated carbocycles. The molecule has 2 atom stereocenters. The van der Waals surface area contributed by atoms with Crippen molar-refractivity contribution in [2.75, 3.05) is 11.9 Å². The number of anilines is 1. The summed E-state index contributed by atoms with van der Waals surface area (Å²) < 4.78 is 5.15. The largest absolute Gasteiger partial charge is 0.367 e. The summed E-state index contributed by atoms with van der Waals surface area (Å²) in [4.78, 5) is 18.8. The van der Waals surface area contributed by atoms with E-state index in [1.807, 2.05) is 0 Å². The Morgan fingerprint density at radius 1 is 1.61 bits per heavy atom. The first-order chi connectivity index (χ1) is 8.83. The van der Waals surface area contributed by atoms with Crippen LogP contribution < -0.4 is 10.5 Å². The van der Waals surface area contributed by atoms with Gasteiger partial charge in [-0.1, -0.05) is 0 Å². The maximum absolute atomic E-state index is 10.9. The number of aldehydes is 1. The molecule has 1 aromatic rings. The average Bonchev–Trinajstić information content (AvgIpc) is 2.84. The van der Waals surface area contributed by atoms with E-state index < -0.39 is 0 Å². The summed E-state index contributed by atoms with van der Waals surface area (Å²) >= 11 is 0.912. The summed E-state index contributed by atoms with van der Waals surface area (Å²) in [5.41, 5.74) is 0.495. The number of nitrogens with zero attached hydrogens (tertiary/aromatic N) is 2. The maximum Gasteiger partial charge on any atom is 0.155 e. The van der Waals surface area contributed by atoms with Crippen molar-refractivity contribution in [2.24, 2.45) is 11.1 Å². The van der Waals surface area contributed by atoms with Crippen LogP contribution in [-0.2, 0) is 4.18 Å². The molecular weight excluding hydrogens is 252 g/mol. The normalized spacial score (nSPS) is 22.9. The zero-order chi connectivity index (χ0) is 12.8. The molecular formula is C11H16N4O2S. The molecule has 0 aromatic carbocycles. The van der Waals surface area contributed by atoms with Gasteiger partial charge in [-0.3, -0.25) is 9.93 Å². The minimum atomic E-state index is 0.329. The Bertz CT molecular complexity index is 404. The molecule has 6 nitrogen and oxygen atoms in total. The molecule has 1 fully saturated rings. The molecule has 0 aliphatic heterocycles. The Hall–Kier alpha value is -1.18. The van der Waals surface area contributed by atoms with E-state index in [-0.39, 0.29) is 0 Å². The van der Waals surface area contributed by atoms with Crippen molar-refractivity contribution in [3.8, 4) is 0 Å². The molecule has 3 N–H and O–H groups in total. The summed E-state index contributed by atoms with van der Waals surface area (Å²) in [6.45, 7) is 0.670. The monoisotopic (exact) mass is 268 g/mol. The lowest BCUT2D eigenvalue weighted by Gasteiger charge is -2.14. The Balaban J connectivity index is 1.89. The molecule has 7 heteroatoms. The third-order valence-corrected chi connectivity index (χ3v) is 3.39. The molecule has 0 bridgehead atoms. The summed E-state index contributed by atoms with van der Waals surface area (Å²) in [5, 5.41) is 8.52. The summed E-state index contributed by atoms with van der Waals surface area (Å²) in [6, 6.07) is 0.329. The fourth-order valence-electron chi connectivity index (χ4n) is 2.23. The number of aromatic nitrogens is 2. The van der Waals surface area contributed by atoms with Gasteiger partial charge in [0.25, 0.3) is 0 Å². The van der Waals surface area contributed by atoms with Gasteiger partial charge in [-0.25, -0.2) is 9.97 Å². The lowest BCUT2D eigenvalue weighted by atomic mass is 10.1. The number of hydrogen-bond acceptors (Lipinski definition) is 7. The highest BCUT2D eigenvalue weighted by Crippen LogP contribution is 2.28. The van der Waals surface area contributed by atoms with Crippen LogP contribution in [0.25, 0.3) is 0 Å². The smallest absolute Gasteiger partial charge is 0.155 e. The number of nitrogens with one attached hydrogen (secondary N) is 1. The van der Waals surface area contributed by atoms with E-state index in [1.165, 1.54) is 12.5 Å². The third kappa shape index (κ3) is 3.41. The number of carbonyl (C=O) groups excluding carboxylic acids is 1. The molecule has 0 saturated heterocycles. The van der Waals surface area contributed by atoms with Crippen LogP contribution in [-0.4, -0.2) is 28.9 Å². The van der Waals surface area contributed by atoms with Crippen LogP contribution >= 0.6 is 12.2 Å². The highest BCUT2D eigenvalue weighted by molar-refractivity contribution is 7.92. The molecule has 98 valence electrons. The van der Waals surface area contributed by atoms with Crippen molar-refractivity contribution >= 4 is 24.3 Å². The zero-order valence-corrected chi connectivity index (χ0v) is 10.7. The number of nitrogens with two attached hydrogens (primary N) is 1. The first kappa shape index (κ1) is 13.3. The van der Waals surface area contributed by atoms with Crippen molar-refractivity contribution in [3.63, 3.8) is 0 Å². The molecule has 0 spiro atoms. The van der Waals surface area contributed by atoms with Gasteiger partial charge in [0.1, 0.15) is 12.1 Å². The topological polar surface area (TPSA) is 90.1 Å². The van der Waals surface area contributed by atoms with Gasteiger partial charge >= 0.3 is 0 Å². The summed E-state index contributed by atoms with van der Waals surface area (Å²) in [5.74, 6) is 1.12. The molecule has 1 aliphatic carbocycles. The Kier molecular flexibility index (Phi) is 4.91. The van der Waals surface area contributed by atoms with Crippen LogP contribution in [0.4, 0.5) is 5.82 Å². The predicted molar refractivity (Wildman–Crippen MR) is 69.9 cm³/mol. The second kappa shape index (κ2) is 6.67. The van der Waals surface area contributed by atoms with Crippen molar-refractivity contribution in [1.29, 1.82) is 0 Å². The van der Waals surface area contributed by atoms with Gasteiger partial charge in [-0.15, -0.1) is 0 Å². The van der Waals surface area contributed by atoms with Crippen LogP contribution in [0.15, 0.2) is 12.5 Å². The molecule has 0 amide bonds. The van der Waals surface area contributed by atoms with Gasteiger partial charge in [-0.2, -0.15) is 0 Å². The molecule has 18 heavy (non-hydrogen) atoms. The molecule has 2 unspecified atom stereocenters. The van der Waals surface area contributed by atoms with Crippen molar-refractivity contribution < 1.29 is 8.98 Å². The lowest BCUT2D eigenvalue weighted by Crippen LogP contribution is -2.18. The lowest BCUT2D eigenvalue weighted by molar-refractivity contribution is 0.112. The van der Waals surface area contributed by atoms with Gasteiger partial charge < -0.3 is 9.50 Å². The Morgan fingerprint density at radius 3 is 3.28 bits per heavy atom. The molecule has 0 radical (unpaired) electrons. The Morgan fingerprint density at radius 2 is 2.50 bits per heavy atom. The van der Waals surface area contributed by atoms with E-state index in [1.54, 1.807) is 0 Å². The molecule has 1 heterocycles. The zero-order valence-electron chi connectivity index (χ0n) is 9.91. The van der Waals surface area contributed by atoms with Gasteiger partial charge in [0.05, 0.1) is 24.4 Å². The minimum Gasteiger partial charge on any atom is -0.367 e. The minimum absolute atomic E-state index is 0.329. The SMILES string of the molecule is NSOCC1CCC(Nc2ncncc2C=O)C1. The average molecular weight is 268 g/mol. The summed E-state index contributed by atoms with van der Waals surface area (Å²) in [7, 11) is 0. The van der Waals surface area contributed by atoms with E-state index in [4.69, 9.17) is 9.32 Å². The standard InChI is InChI=1S/C11H16N4O2S/c12-18-17-6-8-1-2-10(3-8)15-11-9(5-16)4-13-7-14-11/h4-5,7-8,10H,1-3,6,12H2,(H,13,14,15). The number of hydrogen-bond donors (Lipinski definition) is 2. The van der Waals surface area contributed by atoms with Crippen LogP contribution in [0.3, 0.4) is 0 Å². The van der Waals surface area contributed by atoms with Crippen LogP contribution in [0, 0.1) is 5.92 Å². The fourth-order valence-corrected chi connectivity index (χ4v) is 2.50. The summed E-state index contributed by atoms with van der Waals surface area (Å²) in [6.07, 6.45) is 6.87. The molecule has 1 aliphatic rings. The van der Waals surface area contributed by atoms with E-state index >= 15 is 0 Å². The van der Waals surface area contributed by atoms with Gasteiger partial charge in [0.15, 0.2) is 6.29 Å². The Labute approximate surface area is 110 Å². The van der Waals surface area contributed by atoms with Crippen LogP contribution in [0.2, 0.25) is 0 Å². The number of carbonyl (C=O) groups is 1. The van der Waals surface area contributed by atoms with Crippen molar-refractivity contribution in [2.45, 2.75) is 25.3 Å². The van der Waals surface area contributed by atoms with Crippen LogP contribution in [0.1, 0.15) is 29.6 Å². The molecule has 1 aromatic heterocycles. The number of rotatable bonds is 6. The second-order valence-electron chi connectivity index (χ2n) is 4.35. The molecule has 2 rings (SSSR count). The van der Waals surface area contributed by atoms with E-state index in [9.17, 15) is 4.79 Å².